The molecule has 0 aliphatic heterocycles. The molecule has 3 nitrogen and oxygen atoms in total. The molecule has 1 heterocycles. The first-order valence-corrected chi connectivity index (χ1v) is 7.13. The molecule has 0 atom stereocenters. The van der Waals surface area contributed by atoms with Crippen molar-refractivity contribution < 1.29 is 9.18 Å². The van der Waals surface area contributed by atoms with Crippen molar-refractivity contribution in [3.8, 4) is 6.07 Å². The standard InChI is InChI=1S/C14H8BrFN2OS/c15-13-6-5-12(20-13)7-9(8-17)14(19)18-11-3-1-10(16)2-4-11/h1-7H,(H,18,19)/b9-7+. The number of rotatable bonds is 3. The van der Waals surface area contributed by atoms with Gasteiger partial charge in [0.15, 0.2) is 0 Å². The van der Waals surface area contributed by atoms with Gasteiger partial charge < -0.3 is 5.32 Å². The maximum absolute atomic E-state index is 12.8. The van der Waals surface area contributed by atoms with Crippen LogP contribution in [0.2, 0.25) is 0 Å². The largest absolute Gasteiger partial charge is 0.321 e. The van der Waals surface area contributed by atoms with Crippen LogP contribution in [0.25, 0.3) is 6.08 Å². The summed E-state index contributed by atoms with van der Waals surface area (Å²) in [6.07, 6.45) is 1.51. The van der Waals surface area contributed by atoms with Gasteiger partial charge in [0.2, 0.25) is 0 Å². The minimum atomic E-state index is -0.524. The zero-order valence-corrected chi connectivity index (χ0v) is 12.5. The Morgan fingerprint density at radius 3 is 2.55 bits per heavy atom. The zero-order valence-electron chi connectivity index (χ0n) is 10.1. The summed E-state index contributed by atoms with van der Waals surface area (Å²) in [4.78, 5) is 12.7. The van der Waals surface area contributed by atoms with E-state index in [9.17, 15) is 9.18 Å². The highest BCUT2D eigenvalue weighted by Crippen LogP contribution is 2.24. The molecule has 0 fully saturated rings. The van der Waals surface area contributed by atoms with Crippen LogP contribution in [0, 0.1) is 17.1 Å². The third-order valence-electron chi connectivity index (χ3n) is 2.35. The summed E-state index contributed by atoms with van der Waals surface area (Å²) >= 11 is 4.73. The molecule has 0 aliphatic rings. The summed E-state index contributed by atoms with van der Waals surface area (Å²) in [6.45, 7) is 0. The van der Waals surface area contributed by atoms with E-state index >= 15 is 0 Å². The predicted octanol–water partition coefficient (Wildman–Crippen LogP) is 4.20. The second-order valence-electron chi connectivity index (χ2n) is 3.77. The van der Waals surface area contributed by atoms with E-state index in [1.165, 1.54) is 41.7 Å². The van der Waals surface area contributed by atoms with Crippen LogP contribution in [-0.2, 0) is 4.79 Å². The average molecular weight is 351 g/mol. The molecule has 2 aromatic rings. The molecule has 100 valence electrons. The van der Waals surface area contributed by atoms with Crippen LogP contribution >= 0.6 is 27.3 Å². The molecule has 1 N–H and O–H groups in total. The highest BCUT2D eigenvalue weighted by Gasteiger charge is 2.10. The molecule has 0 bridgehead atoms. The van der Waals surface area contributed by atoms with Gasteiger partial charge in [-0.25, -0.2) is 4.39 Å². The first-order valence-electron chi connectivity index (χ1n) is 5.52. The third kappa shape index (κ3) is 3.76. The van der Waals surface area contributed by atoms with Gasteiger partial charge >= 0.3 is 0 Å². The topological polar surface area (TPSA) is 52.9 Å². The van der Waals surface area contributed by atoms with Crippen LogP contribution in [0.4, 0.5) is 10.1 Å². The van der Waals surface area contributed by atoms with E-state index in [1.54, 1.807) is 6.07 Å². The summed E-state index contributed by atoms with van der Waals surface area (Å²) < 4.78 is 13.7. The van der Waals surface area contributed by atoms with Crippen LogP contribution in [0.15, 0.2) is 45.8 Å². The molecule has 0 spiro atoms. The lowest BCUT2D eigenvalue weighted by Crippen LogP contribution is -2.13. The van der Waals surface area contributed by atoms with Crippen LogP contribution < -0.4 is 5.32 Å². The van der Waals surface area contributed by atoms with Crippen LogP contribution in [0.5, 0.6) is 0 Å². The van der Waals surface area contributed by atoms with E-state index in [0.717, 1.165) is 8.66 Å². The van der Waals surface area contributed by atoms with E-state index in [0.29, 0.717) is 5.69 Å². The molecule has 1 aromatic heterocycles. The maximum Gasteiger partial charge on any atom is 0.266 e. The van der Waals surface area contributed by atoms with Gasteiger partial charge in [-0.15, -0.1) is 11.3 Å². The molecule has 0 radical (unpaired) electrons. The van der Waals surface area contributed by atoms with Gasteiger partial charge in [0, 0.05) is 10.6 Å². The van der Waals surface area contributed by atoms with Crippen molar-refractivity contribution >= 4 is 44.9 Å². The molecule has 6 heteroatoms. The lowest BCUT2D eigenvalue weighted by Gasteiger charge is -2.03. The van der Waals surface area contributed by atoms with E-state index < -0.39 is 5.91 Å². The average Bonchev–Trinajstić information content (AvgIpc) is 2.84. The van der Waals surface area contributed by atoms with Crippen LogP contribution in [0.3, 0.4) is 0 Å². The predicted molar refractivity (Wildman–Crippen MR) is 80.6 cm³/mol. The third-order valence-corrected chi connectivity index (χ3v) is 3.92. The molecular weight excluding hydrogens is 343 g/mol. The normalized spacial score (nSPS) is 10.9. The number of anilines is 1. The Morgan fingerprint density at radius 2 is 2.00 bits per heavy atom. The molecule has 2 rings (SSSR count). The van der Waals surface area contributed by atoms with Gasteiger partial charge in [0.05, 0.1) is 3.79 Å². The lowest BCUT2D eigenvalue weighted by molar-refractivity contribution is -0.112. The summed E-state index contributed by atoms with van der Waals surface area (Å²) in [5, 5.41) is 11.6. The number of hydrogen-bond acceptors (Lipinski definition) is 3. The lowest BCUT2D eigenvalue weighted by atomic mass is 10.2. The summed E-state index contributed by atoms with van der Waals surface area (Å²) in [7, 11) is 0. The minimum absolute atomic E-state index is 0.0105. The molecule has 20 heavy (non-hydrogen) atoms. The van der Waals surface area contributed by atoms with Crippen molar-refractivity contribution in [3.63, 3.8) is 0 Å². The number of nitriles is 1. The molecular formula is C14H8BrFN2OS. The van der Waals surface area contributed by atoms with Gasteiger partial charge in [-0.1, -0.05) is 0 Å². The fourth-order valence-corrected chi connectivity index (χ4v) is 2.80. The number of thiophene rings is 1. The summed E-state index contributed by atoms with van der Waals surface area (Å²) in [5.74, 6) is -0.911. The van der Waals surface area contributed by atoms with Gasteiger partial charge in [0.1, 0.15) is 17.5 Å². The van der Waals surface area contributed by atoms with Gasteiger partial charge in [-0.05, 0) is 58.4 Å². The quantitative estimate of drug-likeness (QED) is 0.666. The number of nitrogens with zero attached hydrogens (tertiary/aromatic N) is 1. The number of carbonyl (C=O) groups excluding carboxylic acids is 1. The molecule has 0 saturated heterocycles. The second-order valence-corrected chi connectivity index (χ2v) is 6.27. The van der Waals surface area contributed by atoms with Crippen molar-refractivity contribution in [1.29, 1.82) is 5.26 Å². The fourth-order valence-electron chi connectivity index (χ4n) is 1.43. The number of halogens is 2. The smallest absolute Gasteiger partial charge is 0.266 e. The SMILES string of the molecule is N#C/C(=C\c1ccc(Br)s1)C(=O)Nc1ccc(F)cc1. The van der Waals surface area contributed by atoms with E-state index in [1.807, 2.05) is 12.1 Å². The fraction of sp³-hybridized carbons (Fsp3) is 0. The van der Waals surface area contributed by atoms with Gasteiger partial charge in [-0.2, -0.15) is 5.26 Å². The maximum atomic E-state index is 12.8. The van der Waals surface area contributed by atoms with Crippen LogP contribution in [0.1, 0.15) is 4.88 Å². The van der Waals surface area contributed by atoms with Crippen molar-refractivity contribution in [2.24, 2.45) is 0 Å². The number of hydrogen-bond donors (Lipinski definition) is 1. The summed E-state index contributed by atoms with van der Waals surface area (Å²) in [6, 6.07) is 10.8. The Bertz CT molecular complexity index is 701. The molecule has 1 amide bonds. The number of nitrogens with one attached hydrogen (secondary N) is 1. The van der Waals surface area contributed by atoms with Crippen molar-refractivity contribution in [3.05, 3.63) is 56.5 Å². The first-order chi connectivity index (χ1) is 9.58. The molecule has 0 unspecified atom stereocenters. The minimum Gasteiger partial charge on any atom is -0.321 e. The Balaban J connectivity index is 2.16. The zero-order chi connectivity index (χ0) is 14.5. The first kappa shape index (κ1) is 14.4. The Labute approximate surface area is 127 Å². The Morgan fingerprint density at radius 1 is 1.30 bits per heavy atom. The Kier molecular flexibility index (Phi) is 4.66. The molecule has 0 saturated carbocycles. The number of carbonyl (C=O) groups is 1. The van der Waals surface area contributed by atoms with Crippen LogP contribution in [-0.4, -0.2) is 5.91 Å². The Hall–Kier alpha value is -1.97. The van der Waals surface area contributed by atoms with Crippen molar-refractivity contribution in [2.45, 2.75) is 0 Å². The van der Waals surface area contributed by atoms with E-state index in [2.05, 4.69) is 21.2 Å². The van der Waals surface area contributed by atoms with Crippen molar-refractivity contribution in [1.82, 2.24) is 0 Å². The second kappa shape index (κ2) is 6.46. The van der Waals surface area contributed by atoms with E-state index in [4.69, 9.17) is 5.26 Å². The highest BCUT2D eigenvalue weighted by atomic mass is 79.9. The van der Waals surface area contributed by atoms with Gasteiger partial charge in [-0.3, -0.25) is 4.79 Å². The van der Waals surface area contributed by atoms with Gasteiger partial charge in [0.25, 0.3) is 5.91 Å². The van der Waals surface area contributed by atoms with E-state index in [-0.39, 0.29) is 11.4 Å². The number of amides is 1. The summed E-state index contributed by atoms with van der Waals surface area (Å²) in [5.41, 5.74) is 0.425. The van der Waals surface area contributed by atoms with Crippen molar-refractivity contribution in [2.75, 3.05) is 5.32 Å². The highest BCUT2D eigenvalue weighted by molar-refractivity contribution is 9.11. The number of benzene rings is 1. The molecule has 1 aromatic carbocycles. The molecule has 0 aliphatic carbocycles. The monoisotopic (exact) mass is 350 g/mol.